The van der Waals surface area contributed by atoms with Crippen LogP contribution in [0.5, 0.6) is 0 Å². The summed E-state index contributed by atoms with van der Waals surface area (Å²) in [6.07, 6.45) is 2.68. The van der Waals surface area contributed by atoms with Crippen molar-refractivity contribution in [3.63, 3.8) is 0 Å². The number of aromatic nitrogens is 1. The summed E-state index contributed by atoms with van der Waals surface area (Å²) < 4.78 is 0. The van der Waals surface area contributed by atoms with E-state index in [1.165, 1.54) is 5.56 Å². The van der Waals surface area contributed by atoms with Crippen molar-refractivity contribution in [2.75, 3.05) is 26.2 Å². The van der Waals surface area contributed by atoms with Gasteiger partial charge in [0, 0.05) is 38.9 Å². The van der Waals surface area contributed by atoms with E-state index in [2.05, 4.69) is 34.7 Å². The molecule has 5 nitrogen and oxygen atoms in total. The van der Waals surface area contributed by atoms with Gasteiger partial charge in [0.05, 0.1) is 5.69 Å². The molecule has 1 atom stereocenters. The number of hydrogen-bond donors (Lipinski definition) is 1. The van der Waals surface area contributed by atoms with E-state index in [9.17, 15) is 9.90 Å². The van der Waals surface area contributed by atoms with Gasteiger partial charge >= 0.3 is 5.97 Å². The quantitative estimate of drug-likeness (QED) is 0.865. The highest BCUT2D eigenvalue weighted by Gasteiger charge is 2.31. The fraction of sp³-hybridized carbons (Fsp3) is 0.429. The van der Waals surface area contributed by atoms with Crippen LogP contribution in [0, 0.1) is 6.92 Å². The van der Waals surface area contributed by atoms with Crippen LogP contribution in [0.4, 0.5) is 0 Å². The fourth-order valence-corrected chi connectivity index (χ4v) is 3.68. The average Bonchev–Trinajstić information content (AvgIpc) is 2.65. The first-order chi connectivity index (χ1) is 12.6. The van der Waals surface area contributed by atoms with Gasteiger partial charge in [0.25, 0.3) is 0 Å². The Balaban J connectivity index is 1.69. The SMILES string of the molecule is CCc1ccccc1C(C(=O)O)N1CCN(Cc2ncccc2C)CC1. The highest BCUT2D eigenvalue weighted by Crippen LogP contribution is 2.26. The van der Waals surface area contributed by atoms with Crippen molar-refractivity contribution < 1.29 is 9.90 Å². The molecular weight excluding hydrogens is 326 g/mol. The van der Waals surface area contributed by atoms with Crippen LogP contribution >= 0.6 is 0 Å². The zero-order valence-electron chi connectivity index (χ0n) is 15.6. The number of pyridine rings is 1. The van der Waals surface area contributed by atoms with Gasteiger partial charge in [0.2, 0.25) is 0 Å². The maximum absolute atomic E-state index is 12.0. The van der Waals surface area contributed by atoms with E-state index in [0.29, 0.717) is 0 Å². The number of nitrogens with zero attached hydrogens (tertiary/aromatic N) is 3. The summed E-state index contributed by atoms with van der Waals surface area (Å²) in [6, 6.07) is 11.4. The molecule has 1 unspecified atom stereocenters. The van der Waals surface area contributed by atoms with Gasteiger partial charge in [0.15, 0.2) is 0 Å². The Kier molecular flexibility index (Phi) is 6.01. The molecule has 3 rings (SSSR count). The first kappa shape index (κ1) is 18.5. The number of carbonyl (C=O) groups is 1. The molecule has 1 N–H and O–H groups in total. The van der Waals surface area contributed by atoms with Crippen LogP contribution in [0.3, 0.4) is 0 Å². The highest BCUT2D eigenvalue weighted by molar-refractivity contribution is 5.76. The van der Waals surface area contributed by atoms with Crippen LogP contribution in [-0.2, 0) is 17.8 Å². The Morgan fingerprint density at radius 3 is 2.54 bits per heavy atom. The minimum atomic E-state index is -0.764. The predicted octanol–water partition coefficient (Wildman–Crippen LogP) is 2.90. The van der Waals surface area contributed by atoms with E-state index in [1.807, 2.05) is 36.5 Å². The summed E-state index contributed by atoms with van der Waals surface area (Å²) in [4.78, 5) is 20.9. The molecular formula is C21H27N3O2. The summed E-state index contributed by atoms with van der Waals surface area (Å²) in [7, 11) is 0. The van der Waals surface area contributed by atoms with Crippen molar-refractivity contribution in [2.24, 2.45) is 0 Å². The van der Waals surface area contributed by atoms with Crippen LogP contribution in [0.15, 0.2) is 42.6 Å². The molecule has 0 radical (unpaired) electrons. The minimum absolute atomic E-state index is 0.565. The van der Waals surface area contributed by atoms with E-state index >= 15 is 0 Å². The second-order valence-electron chi connectivity index (χ2n) is 6.87. The lowest BCUT2D eigenvalue weighted by atomic mass is 9.97. The average molecular weight is 353 g/mol. The highest BCUT2D eigenvalue weighted by atomic mass is 16.4. The third kappa shape index (κ3) is 4.11. The van der Waals surface area contributed by atoms with Gasteiger partial charge in [-0.3, -0.25) is 19.6 Å². The summed E-state index contributed by atoms with van der Waals surface area (Å²) in [5.74, 6) is -0.764. The van der Waals surface area contributed by atoms with Gasteiger partial charge in [-0.25, -0.2) is 0 Å². The third-order valence-corrected chi connectivity index (χ3v) is 5.23. The zero-order valence-corrected chi connectivity index (χ0v) is 15.6. The summed E-state index contributed by atoms with van der Waals surface area (Å²) in [5, 5.41) is 9.87. The topological polar surface area (TPSA) is 56.7 Å². The fourth-order valence-electron chi connectivity index (χ4n) is 3.68. The number of piperazine rings is 1. The number of aliphatic carboxylic acids is 1. The maximum Gasteiger partial charge on any atom is 0.325 e. The molecule has 0 saturated carbocycles. The molecule has 0 aliphatic carbocycles. The lowest BCUT2D eigenvalue weighted by Gasteiger charge is -2.38. The summed E-state index contributed by atoms with van der Waals surface area (Å²) in [5.41, 5.74) is 4.35. The number of benzene rings is 1. The standard InChI is InChI=1S/C21H27N3O2/c1-3-17-8-4-5-9-18(17)20(21(25)26)24-13-11-23(12-14-24)15-19-16(2)7-6-10-22-19/h4-10,20H,3,11-15H2,1-2H3,(H,25,26). The molecule has 1 aromatic heterocycles. The van der Waals surface area contributed by atoms with Crippen molar-refractivity contribution in [3.05, 3.63) is 65.0 Å². The Morgan fingerprint density at radius 1 is 1.15 bits per heavy atom. The number of rotatable bonds is 6. The Labute approximate surface area is 155 Å². The van der Waals surface area contributed by atoms with E-state index in [4.69, 9.17) is 0 Å². The second kappa shape index (κ2) is 8.43. The van der Waals surface area contributed by atoms with Crippen LogP contribution in [0.1, 0.15) is 35.3 Å². The van der Waals surface area contributed by atoms with Crippen molar-refractivity contribution in [2.45, 2.75) is 32.9 Å². The number of carboxylic acids is 1. The molecule has 1 saturated heterocycles. The molecule has 2 aromatic rings. The summed E-state index contributed by atoms with van der Waals surface area (Å²) >= 11 is 0. The normalized spacial score (nSPS) is 17.2. The Morgan fingerprint density at radius 2 is 1.88 bits per heavy atom. The third-order valence-electron chi connectivity index (χ3n) is 5.23. The molecule has 1 aromatic carbocycles. The van der Waals surface area contributed by atoms with E-state index < -0.39 is 12.0 Å². The number of aryl methyl sites for hydroxylation is 2. The molecule has 0 amide bonds. The molecule has 0 spiro atoms. The maximum atomic E-state index is 12.0. The van der Waals surface area contributed by atoms with Crippen molar-refractivity contribution in [1.29, 1.82) is 0 Å². The van der Waals surface area contributed by atoms with Crippen molar-refractivity contribution in [1.82, 2.24) is 14.8 Å². The Bertz CT molecular complexity index is 754. The zero-order chi connectivity index (χ0) is 18.5. The van der Waals surface area contributed by atoms with Crippen molar-refractivity contribution >= 4 is 5.97 Å². The lowest BCUT2D eigenvalue weighted by Crippen LogP contribution is -2.49. The van der Waals surface area contributed by atoms with E-state index in [-0.39, 0.29) is 0 Å². The molecule has 0 bridgehead atoms. The first-order valence-electron chi connectivity index (χ1n) is 9.27. The smallest absolute Gasteiger partial charge is 0.325 e. The monoisotopic (exact) mass is 353 g/mol. The van der Waals surface area contributed by atoms with Crippen LogP contribution in [0.2, 0.25) is 0 Å². The van der Waals surface area contributed by atoms with Gasteiger partial charge in [-0.15, -0.1) is 0 Å². The van der Waals surface area contributed by atoms with Crippen LogP contribution in [-0.4, -0.2) is 52.0 Å². The second-order valence-corrected chi connectivity index (χ2v) is 6.87. The molecule has 26 heavy (non-hydrogen) atoms. The van der Waals surface area contributed by atoms with Crippen LogP contribution < -0.4 is 0 Å². The van der Waals surface area contributed by atoms with Crippen molar-refractivity contribution in [3.8, 4) is 0 Å². The molecule has 5 heteroatoms. The number of carboxylic acid groups (broad SMARTS) is 1. The molecule has 1 fully saturated rings. The van der Waals surface area contributed by atoms with Gasteiger partial charge < -0.3 is 5.11 Å². The molecule has 1 aliphatic heterocycles. The molecule has 2 heterocycles. The van der Waals surface area contributed by atoms with E-state index in [0.717, 1.165) is 56.0 Å². The predicted molar refractivity (Wildman–Crippen MR) is 102 cm³/mol. The van der Waals surface area contributed by atoms with Gasteiger partial charge in [-0.2, -0.15) is 0 Å². The van der Waals surface area contributed by atoms with Gasteiger partial charge in [0.1, 0.15) is 6.04 Å². The van der Waals surface area contributed by atoms with Gasteiger partial charge in [-0.1, -0.05) is 37.3 Å². The molecule has 1 aliphatic rings. The van der Waals surface area contributed by atoms with Crippen LogP contribution in [0.25, 0.3) is 0 Å². The molecule has 138 valence electrons. The Hall–Kier alpha value is -2.24. The van der Waals surface area contributed by atoms with E-state index in [1.54, 1.807) is 0 Å². The lowest BCUT2D eigenvalue weighted by molar-refractivity contribution is -0.144. The number of hydrogen-bond acceptors (Lipinski definition) is 4. The van der Waals surface area contributed by atoms with Gasteiger partial charge in [-0.05, 0) is 36.1 Å². The largest absolute Gasteiger partial charge is 0.480 e. The summed E-state index contributed by atoms with van der Waals surface area (Å²) in [6.45, 7) is 8.19. The minimum Gasteiger partial charge on any atom is -0.480 e. The first-order valence-corrected chi connectivity index (χ1v) is 9.27.